The number of hydrogen-bond donors (Lipinski definition) is 0. The van der Waals surface area contributed by atoms with E-state index < -0.39 is 0 Å². The Morgan fingerprint density at radius 2 is 2.00 bits per heavy atom. The van der Waals surface area contributed by atoms with Gasteiger partial charge in [-0.15, -0.1) is 0 Å². The monoisotopic (exact) mass is 296 g/mol. The topological polar surface area (TPSA) is 32.7 Å². The van der Waals surface area contributed by atoms with Gasteiger partial charge in [0.05, 0.1) is 11.8 Å². The summed E-state index contributed by atoms with van der Waals surface area (Å²) in [6, 6.07) is 14.1. The largest absolute Gasteiger partial charge is 0.273 e. The molecule has 0 aliphatic carbocycles. The molecule has 2 aromatic rings. The molecule has 0 fully saturated rings. The second-order valence-electron chi connectivity index (χ2n) is 5.55. The molecule has 3 nitrogen and oxygen atoms in total. The first-order chi connectivity index (χ1) is 10.5. The van der Waals surface area contributed by atoms with Crippen molar-refractivity contribution in [3.05, 3.63) is 71.0 Å². The van der Waals surface area contributed by atoms with Crippen LogP contribution in [0.2, 0.25) is 0 Å². The van der Waals surface area contributed by atoms with Gasteiger partial charge in [-0.05, 0) is 30.2 Å². The molecule has 0 bridgehead atoms. The summed E-state index contributed by atoms with van der Waals surface area (Å²) < 4.78 is 13.5. The molecule has 22 heavy (non-hydrogen) atoms. The molecule has 1 aliphatic rings. The van der Waals surface area contributed by atoms with Gasteiger partial charge >= 0.3 is 0 Å². The van der Waals surface area contributed by atoms with Gasteiger partial charge in [-0.3, -0.25) is 4.79 Å². The van der Waals surface area contributed by atoms with Crippen LogP contribution in [0.15, 0.2) is 53.6 Å². The molecule has 0 saturated carbocycles. The molecule has 1 aliphatic heterocycles. The van der Waals surface area contributed by atoms with E-state index in [9.17, 15) is 9.18 Å². The van der Waals surface area contributed by atoms with E-state index in [-0.39, 0.29) is 17.8 Å². The van der Waals surface area contributed by atoms with Crippen LogP contribution in [0.25, 0.3) is 0 Å². The van der Waals surface area contributed by atoms with Gasteiger partial charge in [-0.25, -0.2) is 9.40 Å². The molecular weight excluding hydrogens is 279 g/mol. The molecule has 2 aromatic carbocycles. The number of benzene rings is 2. The average Bonchev–Trinajstić information content (AvgIpc) is 2.92. The fourth-order valence-electron chi connectivity index (χ4n) is 2.77. The second-order valence-corrected chi connectivity index (χ2v) is 5.55. The van der Waals surface area contributed by atoms with E-state index in [1.54, 1.807) is 6.07 Å². The van der Waals surface area contributed by atoms with Gasteiger partial charge in [0.1, 0.15) is 5.82 Å². The Morgan fingerprint density at radius 3 is 2.68 bits per heavy atom. The van der Waals surface area contributed by atoms with Crippen LogP contribution in [0.4, 0.5) is 4.39 Å². The summed E-state index contributed by atoms with van der Waals surface area (Å²) in [6.07, 6.45) is 0.590. The summed E-state index contributed by atoms with van der Waals surface area (Å²) in [6.45, 7) is 3.50. The number of carbonyl (C=O) groups excluding carboxylic acids is 1. The summed E-state index contributed by atoms with van der Waals surface area (Å²) in [5.41, 5.74) is 3.77. The lowest BCUT2D eigenvalue weighted by atomic mass is 9.97. The number of amides is 1. The number of hydrazone groups is 1. The zero-order chi connectivity index (χ0) is 15.7. The molecule has 1 atom stereocenters. The maximum absolute atomic E-state index is 13.5. The van der Waals surface area contributed by atoms with Crippen LogP contribution in [0, 0.1) is 12.7 Å². The minimum Gasteiger partial charge on any atom is -0.273 e. The van der Waals surface area contributed by atoms with Gasteiger partial charge in [0.15, 0.2) is 0 Å². The van der Waals surface area contributed by atoms with E-state index >= 15 is 0 Å². The van der Waals surface area contributed by atoms with Gasteiger partial charge in [0.2, 0.25) is 5.91 Å². The van der Waals surface area contributed by atoms with Crippen LogP contribution >= 0.6 is 0 Å². The highest BCUT2D eigenvalue weighted by Gasteiger charge is 2.31. The van der Waals surface area contributed by atoms with Crippen molar-refractivity contribution in [3.63, 3.8) is 0 Å². The maximum atomic E-state index is 13.5. The summed E-state index contributed by atoms with van der Waals surface area (Å²) in [4.78, 5) is 11.9. The Hall–Kier alpha value is -2.49. The third-order valence-electron chi connectivity index (χ3n) is 3.82. The molecule has 0 unspecified atom stereocenters. The number of rotatable bonds is 2. The lowest BCUT2D eigenvalue weighted by Gasteiger charge is -2.20. The van der Waals surface area contributed by atoms with Gasteiger partial charge < -0.3 is 0 Å². The molecule has 0 spiro atoms. The molecule has 0 N–H and O–H groups in total. The summed E-state index contributed by atoms with van der Waals surface area (Å²) >= 11 is 0. The van der Waals surface area contributed by atoms with Crippen molar-refractivity contribution in [2.45, 2.75) is 26.3 Å². The van der Waals surface area contributed by atoms with Crippen LogP contribution in [0.1, 0.15) is 36.1 Å². The Bertz CT molecular complexity index is 754. The predicted octanol–water partition coefficient (Wildman–Crippen LogP) is 3.83. The Balaban J connectivity index is 1.96. The van der Waals surface area contributed by atoms with Gasteiger partial charge in [0, 0.05) is 13.3 Å². The molecule has 1 heterocycles. The molecule has 3 rings (SSSR count). The van der Waals surface area contributed by atoms with E-state index in [4.69, 9.17) is 0 Å². The second kappa shape index (κ2) is 5.72. The summed E-state index contributed by atoms with van der Waals surface area (Å²) in [5.74, 6) is -0.443. The predicted molar refractivity (Wildman–Crippen MR) is 84.0 cm³/mol. The number of nitrogens with zero attached hydrogens (tertiary/aromatic N) is 2. The molecule has 1 amide bonds. The van der Waals surface area contributed by atoms with Crippen molar-refractivity contribution in [1.82, 2.24) is 5.01 Å². The third kappa shape index (κ3) is 2.77. The molecule has 0 radical (unpaired) electrons. The average molecular weight is 296 g/mol. The first-order valence-electron chi connectivity index (χ1n) is 7.24. The van der Waals surface area contributed by atoms with Crippen molar-refractivity contribution in [2.24, 2.45) is 5.10 Å². The first-order valence-corrected chi connectivity index (χ1v) is 7.24. The van der Waals surface area contributed by atoms with Crippen molar-refractivity contribution >= 4 is 11.6 Å². The van der Waals surface area contributed by atoms with Crippen LogP contribution < -0.4 is 0 Å². The summed E-state index contributed by atoms with van der Waals surface area (Å²) in [7, 11) is 0. The highest BCUT2D eigenvalue weighted by molar-refractivity contribution is 6.03. The zero-order valence-electron chi connectivity index (χ0n) is 12.6. The molecule has 4 heteroatoms. The SMILES string of the molecule is CC(=O)N1N=C(c2cccc(C)c2)C[C@H]1c1cccc(F)c1. The van der Waals surface area contributed by atoms with Gasteiger partial charge in [-0.2, -0.15) is 5.10 Å². The normalized spacial score (nSPS) is 17.5. The fourth-order valence-corrected chi connectivity index (χ4v) is 2.77. The third-order valence-corrected chi connectivity index (χ3v) is 3.82. The van der Waals surface area contributed by atoms with Crippen molar-refractivity contribution in [3.8, 4) is 0 Å². The fraction of sp³-hybridized carbons (Fsp3) is 0.222. The standard InChI is InChI=1S/C18H17FN2O/c1-12-5-3-6-14(9-12)17-11-18(21(20-17)13(2)22)15-7-4-8-16(19)10-15/h3-10,18H,11H2,1-2H3/t18-/m0/s1. The van der Waals surface area contributed by atoms with E-state index in [2.05, 4.69) is 5.10 Å². The molecule has 0 saturated heterocycles. The van der Waals surface area contributed by atoms with Crippen molar-refractivity contribution < 1.29 is 9.18 Å². The number of aryl methyl sites for hydroxylation is 1. The molecule has 112 valence electrons. The van der Waals surface area contributed by atoms with Gasteiger partial charge in [-0.1, -0.05) is 42.0 Å². The van der Waals surface area contributed by atoms with Crippen LogP contribution in [-0.2, 0) is 4.79 Å². The Kier molecular flexibility index (Phi) is 3.75. The molecule has 0 aromatic heterocycles. The van der Waals surface area contributed by atoms with Gasteiger partial charge in [0.25, 0.3) is 0 Å². The zero-order valence-corrected chi connectivity index (χ0v) is 12.6. The number of halogens is 1. The van der Waals surface area contributed by atoms with Crippen LogP contribution in [0.3, 0.4) is 0 Å². The Morgan fingerprint density at radius 1 is 1.23 bits per heavy atom. The highest BCUT2D eigenvalue weighted by Crippen LogP contribution is 2.33. The van der Waals surface area contributed by atoms with Crippen LogP contribution in [0.5, 0.6) is 0 Å². The first kappa shape index (κ1) is 14.4. The smallest absolute Gasteiger partial charge is 0.240 e. The lowest BCUT2D eigenvalue weighted by molar-refractivity contribution is -0.130. The van der Waals surface area contributed by atoms with Crippen LogP contribution in [-0.4, -0.2) is 16.6 Å². The minimum absolute atomic E-state index is 0.142. The number of hydrogen-bond acceptors (Lipinski definition) is 2. The van der Waals surface area contributed by atoms with Crippen molar-refractivity contribution in [2.75, 3.05) is 0 Å². The quantitative estimate of drug-likeness (QED) is 0.829. The van der Waals surface area contributed by atoms with E-state index in [1.807, 2.05) is 37.3 Å². The molecular formula is C18H17FN2O. The minimum atomic E-state index is -0.301. The van der Waals surface area contributed by atoms with Crippen molar-refractivity contribution in [1.29, 1.82) is 0 Å². The lowest BCUT2D eigenvalue weighted by Crippen LogP contribution is -2.24. The Labute approximate surface area is 129 Å². The van der Waals surface area contributed by atoms with E-state index in [0.717, 1.165) is 22.4 Å². The van der Waals surface area contributed by atoms with E-state index in [0.29, 0.717) is 6.42 Å². The maximum Gasteiger partial charge on any atom is 0.240 e. The highest BCUT2D eigenvalue weighted by atomic mass is 19.1. The summed E-state index contributed by atoms with van der Waals surface area (Å²) in [5, 5.41) is 5.92. The number of carbonyl (C=O) groups is 1. The van der Waals surface area contributed by atoms with E-state index in [1.165, 1.54) is 24.1 Å².